The number of para-hydroxylation sites is 1. The summed E-state index contributed by atoms with van der Waals surface area (Å²) in [5.41, 5.74) is 4.64. The molecule has 1 aliphatic heterocycles. The van der Waals surface area contributed by atoms with Crippen LogP contribution in [-0.4, -0.2) is 35.9 Å². The number of esters is 1. The van der Waals surface area contributed by atoms with Gasteiger partial charge in [-0.15, -0.1) is 0 Å². The molecule has 3 rings (SSSR count). The Labute approximate surface area is 148 Å². The highest BCUT2D eigenvalue weighted by atomic mass is 16.5. The van der Waals surface area contributed by atoms with Gasteiger partial charge in [0.2, 0.25) is 5.78 Å². The number of ether oxygens (including phenoxy) is 1. The number of methoxy groups -OCH3 is 1. The maximum atomic E-state index is 13.2. The van der Waals surface area contributed by atoms with Crippen LogP contribution in [0.4, 0.5) is 5.69 Å². The van der Waals surface area contributed by atoms with Gasteiger partial charge in [0.15, 0.2) is 0 Å². The van der Waals surface area contributed by atoms with Crippen LogP contribution in [-0.2, 0) is 11.2 Å². The minimum Gasteiger partial charge on any atom is -0.465 e. The predicted octanol–water partition coefficient (Wildman–Crippen LogP) is 3.44. The van der Waals surface area contributed by atoms with E-state index in [0.29, 0.717) is 22.5 Å². The van der Waals surface area contributed by atoms with Crippen molar-refractivity contribution < 1.29 is 14.3 Å². The van der Waals surface area contributed by atoms with Crippen molar-refractivity contribution >= 4 is 17.4 Å². The third-order valence-electron chi connectivity index (χ3n) is 5.13. The lowest BCUT2D eigenvalue weighted by Gasteiger charge is -2.30. The molecule has 0 saturated heterocycles. The van der Waals surface area contributed by atoms with Crippen LogP contribution in [0.3, 0.4) is 0 Å². The fourth-order valence-corrected chi connectivity index (χ4v) is 3.92. The van der Waals surface area contributed by atoms with Crippen LogP contribution in [0.25, 0.3) is 0 Å². The van der Waals surface area contributed by atoms with Crippen LogP contribution in [0.2, 0.25) is 0 Å². The van der Waals surface area contributed by atoms with Crippen LogP contribution in [0.1, 0.15) is 51.5 Å². The number of hydrogen-bond acceptors (Lipinski definition) is 4. The summed E-state index contributed by atoms with van der Waals surface area (Å²) in [6.45, 7) is 7.64. The molecule has 2 unspecified atom stereocenters. The number of carbonyl (C=O) groups is 2. The van der Waals surface area contributed by atoms with Gasteiger partial charge in [-0.05, 0) is 51.3 Å². The number of aryl methyl sites for hydroxylation is 1. The Hall–Kier alpha value is -2.56. The summed E-state index contributed by atoms with van der Waals surface area (Å²) in [5.74, 6) is -0.433. The van der Waals surface area contributed by atoms with Gasteiger partial charge in [0, 0.05) is 17.4 Å². The number of ketones is 1. The monoisotopic (exact) mass is 340 g/mol. The summed E-state index contributed by atoms with van der Waals surface area (Å²) < 4.78 is 4.83. The zero-order valence-electron chi connectivity index (χ0n) is 15.3. The first-order chi connectivity index (χ1) is 11.9. The van der Waals surface area contributed by atoms with E-state index in [9.17, 15) is 9.59 Å². The van der Waals surface area contributed by atoms with Gasteiger partial charge >= 0.3 is 5.97 Å². The zero-order chi connectivity index (χ0) is 18.3. The molecule has 2 heterocycles. The van der Waals surface area contributed by atoms with Crippen LogP contribution in [0, 0.1) is 13.8 Å². The van der Waals surface area contributed by atoms with Crippen LogP contribution in [0.15, 0.2) is 24.3 Å². The molecule has 0 amide bonds. The number of rotatable bonds is 4. The van der Waals surface area contributed by atoms with E-state index >= 15 is 0 Å². The lowest BCUT2D eigenvalue weighted by molar-refractivity contribution is 0.0599. The second-order valence-corrected chi connectivity index (χ2v) is 6.75. The van der Waals surface area contributed by atoms with E-state index in [4.69, 9.17) is 4.74 Å². The molecule has 0 spiro atoms. The van der Waals surface area contributed by atoms with Crippen molar-refractivity contribution in [2.24, 2.45) is 0 Å². The second kappa shape index (κ2) is 6.39. The number of hydrogen-bond donors (Lipinski definition) is 1. The molecule has 0 bridgehead atoms. The molecule has 5 nitrogen and oxygen atoms in total. The molecule has 0 radical (unpaired) electrons. The number of benzene rings is 1. The Morgan fingerprint density at radius 2 is 1.96 bits per heavy atom. The van der Waals surface area contributed by atoms with E-state index in [-0.39, 0.29) is 17.9 Å². The van der Waals surface area contributed by atoms with Gasteiger partial charge in [0.25, 0.3) is 0 Å². The predicted molar refractivity (Wildman–Crippen MR) is 97.5 cm³/mol. The lowest BCUT2D eigenvalue weighted by Crippen LogP contribution is -2.43. The third kappa shape index (κ3) is 2.73. The Bertz CT molecular complexity index is 837. The van der Waals surface area contributed by atoms with E-state index in [0.717, 1.165) is 12.1 Å². The van der Waals surface area contributed by atoms with E-state index in [2.05, 4.69) is 28.9 Å². The molecular formula is C20H24N2O3. The normalized spacial score (nSPS) is 17.3. The first kappa shape index (κ1) is 17.3. The van der Waals surface area contributed by atoms with E-state index in [1.807, 2.05) is 19.1 Å². The van der Waals surface area contributed by atoms with E-state index in [1.165, 1.54) is 12.7 Å². The van der Waals surface area contributed by atoms with Crippen LogP contribution >= 0.6 is 0 Å². The summed E-state index contributed by atoms with van der Waals surface area (Å²) in [5, 5.41) is 0. The van der Waals surface area contributed by atoms with E-state index in [1.54, 1.807) is 13.8 Å². The Balaban J connectivity index is 1.96. The molecule has 2 aromatic rings. The fraction of sp³-hybridized carbons (Fsp3) is 0.400. The van der Waals surface area contributed by atoms with Gasteiger partial charge in [0.05, 0.1) is 24.4 Å². The fourth-order valence-electron chi connectivity index (χ4n) is 3.92. The Morgan fingerprint density at radius 3 is 2.64 bits per heavy atom. The molecular weight excluding hydrogens is 316 g/mol. The second-order valence-electron chi connectivity index (χ2n) is 6.75. The van der Waals surface area contributed by atoms with Gasteiger partial charge in [-0.2, -0.15) is 0 Å². The summed E-state index contributed by atoms with van der Waals surface area (Å²) in [6.07, 6.45) is 0.934. The third-order valence-corrected chi connectivity index (χ3v) is 5.13. The van der Waals surface area contributed by atoms with Crippen molar-refractivity contribution in [1.29, 1.82) is 0 Å². The highest BCUT2D eigenvalue weighted by Gasteiger charge is 2.35. The lowest BCUT2D eigenvalue weighted by atomic mass is 10.0. The van der Waals surface area contributed by atoms with E-state index < -0.39 is 5.97 Å². The van der Waals surface area contributed by atoms with Crippen molar-refractivity contribution in [1.82, 2.24) is 4.98 Å². The number of aromatic amines is 1. The zero-order valence-corrected chi connectivity index (χ0v) is 15.3. The number of nitrogens with one attached hydrogen (secondary N) is 1. The Kier molecular flexibility index (Phi) is 4.41. The minimum absolute atomic E-state index is 0.0145. The maximum Gasteiger partial charge on any atom is 0.339 e. The maximum absolute atomic E-state index is 13.2. The molecule has 0 saturated carbocycles. The molecule has 1 aromatic carbocycles. The standard InChI is InChI=1S/C20H24N2O3/c1-11-10-15-8-6-7-9-16(15)22(11)14(4)19(23)18-12(2)17(13(3)21-18)20(24)25-5/h6-9,11,14,21H,10H2,1-5H3. The number of nitrogens with zero attached hydrogens (tertiary/aromatic N) is 1. The quantitative estimate of drug-likeness (QED) is 0.684. The molecule has 1 aromatic heterocycles. The number of carbonyl (C=O) groups excluding carboxylic acids is 2. The highest BCUT2D eigenvalue weighted by Crippen LogP contribution is 2.34. The summed E-state index contributed by atoms with van der Waals surface area (Å²) in [7, 11) is 1.35. The molecule has 132 valence electrons. The average Bonchev–Trinajstić information content (AvgIpc) is 3.08. The topological polar surface area (TPSA) is 62.4 Å². The van der Waals surface area contributed by atoms with Crippen molar-refractivity contribution in [2.75, 3.05) is 12.0 Å². The van der Waals surface area contributed by atoms with Crippen molar-refractivity contribution in [3.63, 3.8) is 0 Å². The van der Waals surface area contributed by atoms with Crippen molar-refractivity contribution in [3.05, 3.63) is 52.3 Å². The van der Waals surface area contributed by atoms with Crippen molar-refractivity contribution in [2.45, 2.75) is 46.2 Å². The van der Waals surface area contributed by atoms with Crippen LogP contribution in [0.5, 0.6) is 0 Å². The molecule has 25 heavy (non-hydrogen) atoms. The van der Waals surface area contributed by atoms with Gasteiger partial charge in [-0.3, -0.25) is 4.79 Å². The molecule has 5 heteroatoms. The van der Waals surface area contributed by atoms with Crippen molar-refractivity contribution in [3.8, 4) is 0 Å². The van der Waals surface area contributed by atoms with Gasteiger partial charge in [-0.25, -0.2) is 4.79 Å². The Morgan fingerprint density at radius 1 is 1.28 bits per heavy atom. The average molecular weight is 340 g/mol. The summed E-state index contributed by atoms with van der Waals surface area (Å²) in [4.78, 5) is 30.4. The van der Waals surface area contributed by atoms with Gasteiger partial charge in [-0.1, -0.05) is 18.2 Å². The molecule has 2 atom stereocenters. The molecule has 1 aliphatic rings. The first-order valence-corrected chi connectivity index (χ1v) is 8.54. The van der Waals surface area contributed by atoms with Gasteiger partial charge in [0.1, 0.15) is 0 Å². The number of H-pyrrole nitrogens is 1. The minimum atomic E-state index is -0.419. The molecule has 1 N–H and O–H groups in total. The first-order valence-electron chi connectivity index (χ1n) is 8.54. The molecule has 0 aliphatic carbocycles. The summed E-state index contributed by atoms with van der Waals surface area (Å²) in [6, 6.07) is 8.15. The largest absolute Gasteiger partial charge is 0.465 e. The number of aromatic nitrogens is 1. The van der Waals surface area contributed by atoms with Crippen LogP contribution < -0.4 is 4.90 Å². The summed E-state index contributed by atoms with van der Waals surface area (Å²) >= 11 is 0. The van der Waals surface area contributed by atoms with Gasteiger partial charge < -0.3 is 14.6 Å². The smallest absolute Gasteiger partial charge is 0.339 e. The highest BCUT2D eigenvalue weighted by molar-refractivity contribution is 6.05. The molecule has 0 fully saturated rings. The number of Topliss-reactive ketones (excluding diaryl/α,β-unsaturated/α-hetero) is 1. The number of fused-ring (bicyclic) bond motifs is 1. The SMILES string of the molecule is COC(=O)c1c(C)[nH]c(C(=O)C(C)N2c3ccccc3CC2C)c1C. The number of anilines is 1.